The molecule has 1 amide bonds. The molecule has 2 heterocycles. The average Bonchev–Trinajstić information content (AvgIpc) is 2.85. The summed E-state index contributed by atoms with van der Waals surface area (Å²) >= 11 is 0. The molecular weight excluding hydrogens is 400 g/mol. The number of hydrogen-bond donors (Lipinski definition) is 0. The summed E-state index contributed by atoms with van der Waals surface area (Å²) in [4.78, 5) is 29.4. The van der Waals surface area contributed by atoms with Crippen LogP contribution in [-0.4, -0.2) is 51.7 Å². The van der Waals surface area contributed by atoms with Crippen LogP contribution in [0.1, 0.15) is 47.4 Å². The number of amides is 1. The van der Waals surface area contributed by atoms with Gasteiger partial charge in [0.05, 0.1) is 6.04 Å². The van der Waals surface area contributed by atoms with E-state index in [0.29, 0.717) is 25.3 Å². The zero-order valence-electron chi connectivity index (χ0n) is 18.6. The minimum Gasteiger partial charge on any atom is -0.335 e. The van der Waals surface area contributed by atoms with E-state index in [1.807, 2.05) is 17.0 Å². The van der Waals surface area contributed by atoms with E-state index in [-0.39, 0.29) is 17.5 Å². The molecule has 1 saturated heterocycles. The highest BCUT2D eigenvalue weighted by molar-refractivity contribution is 5.92. The molecule has 1 aliphatic rings. The Labute approximate surface area is 189 Å². The molecule has 0 radical (unpaired) electrons. The van der Waals surface area contributed by atoms with Gasteiger partial charge in [-0.25, -0.2) is 4.68 Å². The molecule has 4 rings (SSSR count). The predicted molar refractivity (Wildman–Crippen MR) is 126 cm³/mol. The van der Waals surface area contributed by atoms with Gasteiger partial charge in [-0.1, -0.05) is 74.0 Å². The van der Waals surface area contributed by atoms with Crippen molar-refractivity contribution in [1.29, 1.82) is 0 Å². The third-order valence-electron chi connectivity index (χ3n) is 6.01. The lowest BCUT2D eigenvalue weighted by Gasteiger charge is -2.39. The third kappa shape index (κ3) is 4.97. The lowest BCUT2D eigenvalue weighted by Crippen LogP contribution is -2.50. The summed E-state index contributed by atoms with van der Waals surface area (Å²) in [6, 6.07) is 24.2. The summed E-state index contributed by atoms with van der Waals surface area (Å²) in [7, 11) is 0. The first-order valence-corrected chi connectivity index (χ1v) is 11.4. The zero-order chi connectivity index (χ0) is 22.3. The molecule has 0 spiro atoms. The quantitative estimate of drug-likeness (QED) is 0.575. The van der Waals surface area contributed by atoms with Crippen molar-refractivity contribution in [2.75, 3.05) is 26.2 Å². The Morgan fingerprint density at radius 2 is 1.47 bits per heavy atom. The van der Waals surface area contributed by atoms with Crippen molar-refractivity contribution >= 4 is 5.91 Å². The van der Waals surface area contributed by atoms with E-state index in [2.05, 4.69) is 65.5 Å². The van der Waals surface area contributed by atoms with Crippen LogP contribution >= 0.6 is 0 Å². The lowest BCUT2D eigenvalue weighted by atomic mass is 9.96. The van der Waals surface area contributed by atoms with Gasteiger partial charge in [-0.15, -0.1) is 0 Å². The highest BCUT2D eigenvalue weighted by Gasteiger charge is 2.29. The first-order chi connectivity index (χ1) is 15.7. The van der Waals surface area contributed by atoms with Gasteiger partial charge in [-0.2, -0.15) is 5.10 Å². The smallest absolute Gasteiger partial charge is 0.274 e. The van der Waals surface area contributed by atoms with Crippen LogP contribution in [0.5, 0.6) is 0 Å². The van der Waals surface area contributed by atoms with Gasteiger partial charge in [0.15, 0.2) is 0 Å². The van der Waals surface area contributed by atoms with Gasteiger partial charge in [-0.05, 0) is 23.6 Å². The van der Waals surface area contributed by atoms with Crippen molar-refractivity contribution in [2.45, 2.75) is 32.4 Å². The molecule has 0 aliphatic carbocycles. The predicted octanol–water partition coefficient (Wildman–Crippen LogP) is 3.59. The first kappa shape index (κ1) is 22.0. The number of piperazine rings is 1. The zero-order valence-corrected chi connectivity index (χ0v) is 18.6. The topological polar surface area (TPSA) is 58.4 Å². The molecule has 1 fully saturated rings. The number of aromatic nitrogens is 2. The number of aryl methyl sites for hydroxylation is 1. The average molecular weight is 431 g/mol. The Morgan fingerprint density at radius 1 is 0.875 bits per heavy atom. The fraction of sp³-hybridized carbons (Fsp3) is 0.346. The standard InChI is InChI=1S/C26H30N4O2/c1-2-3-16-30-24(31)15-14-23(27-30)26(32)29-19-17-28(18-20-29)25(21-10-6-4-7-11-21)22-12-8-5-9-13-22/h4-15,25H,2-3,16-20H2,1H3. The van der Waals surface area contributed by atoms with Crippen LogP contribution in [0, 0.1) is 0 Å². The fourth-order valence-corrected chi connectivity index (χ4v) is 4.26. The van der Waals surface area contributed by atoms with E-state index < -0.39 is 0 Å². The number of nitrogens with zero attached hydrogens (tertiary/aromatic N) is 4. The normalized spacial score (nSPS) is 14.6. The van der Waals surface area contributed by atoms with Gasteiger partial charge in [0, 0.05) is 38.8 Å². The number of carbonyl (C=O) groups is 1. The van der Waals surface area contributed by atoms with E-state index in [9.17, 15) is 9.59 Å². The summed E-state index contributed by atoms with van der Waals surface area (Å²) in [6.07, 6.45) is 1.84. The highest BCUT2D eigenvalue weighted by atomic mass is 16.2. The number of rotatable bonds is 7. The van der Waals surface area contributed by atoms with Gasteiger partial charge in [0.2, 0.25) is 0 Å². The Balaban J connectivity index is 1.48. The minimum absolute atomic E-state index is 0.106. The van der Waals surface area contributed by atoms with E-state index >= 15 is 0 Å². The van der Waals surface area contributed by atoms with Crippen LogP contribution in [0.25, 0.3) is 0 Å². The second-order valence-corrected chi connectivity index (χ2v) is 8.19. The highest BCUT2D eigenvalue weighted by Crippen LogP contribution is 2.29. The Hall–Kier alpha value is -3.25. The third-order valence-corrected chi connectivity index (χ3v) is 6.01. The number of carbonyl (C=O) groups excluding carboxylic acids is 1. The van der Waals surface area contributed by atoms with Gasteiger partial charge in [0.1, 0.15) is 5.69 Å². The van der Waals surface area contributed by atoms with Gasteiger partial charge < -0.3 is 4.90 Å². The summed E-state index contributed by atoms with van der Waals surface area (Å²) in [5, 5.41) is 4.33. The molecule has 0 unspecified atom stereocenters. The maximum atomic E-state index is 13.1. The Morgan fingerprint density at radius 3 is 2.03 bits per heavy atom. The molecule has 0 saturated carbocycles. The molecule has 0 N–H and O–H groups in total. The van der Waals surface area contributed by atoms with Crippen molar-refractivity contribution in [3.8, 4) is 0 Å². The number of hydrogen-bond acceptors (Lipinski definition) is 4. The monoisotopic (exact) mass is 430 g/mol. The summed E-state index contributed by atoms with van der Waals surface area (Å²) in [5.41, 5.74) is 2.69. The number of benzene rings is 2. The SMILES string of the molecule is CCCCn1nc(C(=O)N2CCN(C(c3ccccc3)c3ccccc3)CC2)ccc1=O. The number of unbranched alkanes of at least 4 members (excludes halogenated alkanes) is 1. The van der Waals surface area contributed by atoms with Crippen LogP contribution in [-0.2, 0) is 6.54 Å². The Kier molecular flexibility index (Phi) is 7.12. The molecule has 0 bridgehead atoms. The second-order valence-electron chi connectivity index (χ2n) is 8.19. The van der Waals surface area contributed by atoms with Gasteiger partial charge in [-0.3, -0.25) is 14.5 Å². The van der Waals surface area contributed by atoms with E-state index in [1.165, 1.54) is 21.9 Å². The molecule has 6 nitrogen and oxygen atoms in total. The molecule has 6 heteroatoms. The summed E-state index contributed by atoms with van der Waals surface area (Å²) < 4.78 is 1.41. The second kappa shape index (κ2) is 10.4. The van der Waals surface area contributed by atoms with Crippen molar-refractivity contribution in [3.63, 3.8) is 0 Å². The molecular formula is C26H30N4O2. The van der Waals surface area contributed by atoms with Crippen LogP contribution in [0.4, 0.5) is 0 Å². The Bertz CT molecular complexity index is 1030. The molecule has 1 aromatic heterocycles. The van der Waals surface area contributed by atoms with Crippen molar-refractivity contribution < 1.29 is 4.79 Å². The van der Waals surface area contributed by atoms with E-state index in [4.69, 9.17) is 0 Å². The summed E-state index contributed by atoms with van der Waals surface area (Å²) in [6.45, 7) is 5.42. The van der Waals surface area contributed by atoms with Gasteiger partial charge in [0.25, 0.3) is 11.5 Å². The molecule has 0 atom stereocenters. The van der Waals surface area contributed by atoms with Crippen molar-refractivity contribution in [1.82, 2.24) is 19.6 Å². The van der Waals surface area contributed by atoms with Gasteiger partial charge >= 0.3 is 0 Å². The maximum Gasteiger partial charge on any atom is 0.274 e. The largest absolute Gasteiger partial charge is 0.335 e. The fourth-order valence-electron chi connectivity index (χ4n) is 4.26. The molecule has 166 valence electrons. The van der Waals surface area contributed by atoms with Crippen molar-refractivity contribution in [3.05, 3.63) is 100.0 Å². The molecule has 3 aromatic rings. The van der Waals surface area contributed by atoms with E-state index in [0.717, 1.165) is 25.9 Å². The van der Waals surface area contributed by atoms with Crippen LogP contribution < -0.4 is 5.56 Å². The molecule has 32 heavy (non-hydrogen) atoms. The van der Waals surface area contributed by atoms with E-state index in [1.54, 1.807) is 6.07 Å². The lowest BCUT2D eigenvalue weighted by molar-refractivity contribution is 0.0589. The first-order valence-electron chi connectivity index (χ1n) is 11.4. The van der Waals surface area contributed by atoms with Crippen LogP contribution in [0.3, 0.4) is 0 Å². The summed E-state index contributed by atoms with van der Waals surface area (Å²) in [5.74, 6) is -0.106. The molecule has 1 aliphatic heterocycles. The molecule has 2 aromatic carbocycles. The minimum atomic E-state index is -0.159. The van der Waals surface area contributed by atoms with Crippen molar-refractivity contribution in [2.24, 2.45) is 0 Å². The van der Waals surface area contributed by atoms with Crippen LogP contribution in [0.2, 0.25) is 0 Å². The maximum absolute atomic E-state index is 13.1. The van der Waals surface area contributed by atoms with Crippen LogP contribution in [0.15, 0.2) is 77.6 Å².